The summed E-state index contributed by atoms with van der Waals surface area (Å²) in [6.45, 7) is 6.91. The van der Waals surface area contributed by atoms with Gasteiger partial charge in [0.15, 0.2) is 0 Å². The van der Waals surface area contributed by atoms with Crippen molar-refractivity contribution in [1.82, 2.24) is 15.5 Å². The summed E-state index contributed by atoms with van der Waals surface area (Å²) in [6, 6.07) is 0.613. The molecule has 3 rings (SSSR count). The summed E-state index contributed by atoms with van der Waals surface area (Å²) < 4.78 is 10.7. The monoisotopic (exact) mass is 441 g/mol. The van der Waals surface area contributed by atoms with Crippen LogP contribution in [0.1, 0.15) is 52.4 Å². The molecular weight excluding hydrogens is 398 g/mol. The van der Waals surface area contributed by atoms with Crippen LogP contribution in [0.25, 0.3) is 0 Å². The number of aliphatic hydroxyl groups excluding tert-OH is 1. The van der Waals surface area contributed by atoms with Gasteiger partial charge >= 0.3 is 6.09 Å². The maximum Gasteiger partial charge on any atom is 0.409 e. The van der Waals surface area contributed by atoms with Crippen molar-refractivity contribution >= 4 is 6.09 Å². The number of hydrogen-bond donors (Lipinski definition) is 5. The Morgan fingerprint density at radius 1 is 1.26 bits per heavy atom. The summed E-state index contributed by atoms with van der Waals surface area (Å²) in [6.07, 6.45) is 4.18. The Balaban J connectivity index is 1.48. The number of nitrogens with two attached hydrogens (primary N) is 2. The van der Waals surface area contributed by atoms with E-state index in [4.69, 9.17) is 20.9 Å². The third kappa shape index (κ3) is 6.52. The molecule has 2 heterocycles. The molecule has 3 aliphatic rings. The second-order valence-corrected chi connectivity index (χ2v) is 10.2. The van der Waals surface area contributed by atoms with E-state index in [2.05, 4.69) is 24.5 Å². The second-order valence-electron chi connectivity index (χ2n) is 10.2. The number of methoxy groups -OCH3 is 1. The quantitative estimate of drug-likeness (QED) is 0.362. The fourth-order valence-electron chi connectivity index (χ4n) is 5.53. The molecule has 0 radical (unpaired) electrons. The van der Waals surface area contributed by atoms with Gasteiger partial charge in [-0.1, -0.05) is 0 Å². The zero-order chi connectivity index (χ0) is 22.6. The first-order valence-electron chi connectivity index (χ1n) is 11.8. The molecule has 3 fully saturated rings. The minimum atomic E-state index is -0.645. The first kappa shape index (κ1) is 24.7. The second kappa shape index (κ2) is 10.8. The summed E-state index contributed by atoms with van der Waals surface area (Å²) >= 11 is 0. The van der Waals surface area contributed by atoms with Crippen molar-refractivity contribution in [2.24, 2.45) is 29.2 Å². The molecule has 9 nitrogen and oxygen atoms in total. The zero-order valence-corrected chi connectivity index (χ0v) is 19.4. The predicted molar refractivity (Wildman–Crippen MR) is 119 cm³/mol. The average molecular weight is 442 g/mol. The van der Waals surface area contributed by atoms with Crippen LogP contribution in [0.15, 0.2) is 0 Å². The molecule has 6 atom stereocenters. The lowest BCUT2D eigenvalue weighted by Gasteiger charge is -2.41. The van der Waals surface area contributed by atoms with Crippen molar-refractivity contribution in [3.63, 3.8) is 0 Å². The normalized spacial score (nSPS) is 33.8. The topological polar surface area (TPSA) is 135 Å². The van der Waals surface area contributed by atoms with Crippen LogP contribution in [0.5, 0.6) is 0 Å². The molecular formula is C22H43N5O4. The van der Waals surface area contributed by atoms with Gasteiger partial charge in [-0.3, -0.25) is 5.32 Å². The Morgan fingerprint density at radius 3 is 2.55 bits per heavy atom. The fraction of sp³-hybridized carbons (Fsp3) is 0.955. The van der Waals surface area contributed by atoms with E-state index in [1.807, 2.05) is 0 Å². The Hall–Kier alpha value is -0.970. The van der Waals surface area contributed by atoms with Crippen molar-refractivity contribution in [3.05, 3.63) is 0 Å². The van der Waals surface area contributed by atoms with Gasteiger partial charge in [0.25, 0.3) is 0 Å². The Labute approximate surface area is 186 Å². The third-order valence-electron chi connectivity index (χ3n) is 7.49. The van der Waals surface area contributed by atoms with Crippen LogP contribution in [-0.2, 0) is 9.47 Å². The van der Waals surface area contributed by atoms with Crippen molar-refractivity contribution in [2.75, 3.05) is 33.4 Å². The van der Waals surface area contributed by atoms with Crippen LogP contribution in [0.2, 0.25) is 0 Å². The van der Waals surface area contributed by atoms with Crippen LogP contribution in [0, 0.1) is 17.8 Å². The molecule has 2 aliphatic heterocycles. The van der Waals surface area contributed by atoms with Gasteiger partial charge in [0.1, 0.15) is 6.23 Å². The Kier molecular flexibility index (Phi) is 8.57. The third-order valence-corrected chi connectivity index (χ3v) is 7.49. The van der Waals surface area contributed by atoms with Crippen LogP contribution in [0.4, 0.5) is 4.79 Å². The van der Waals surface area contributed by atoms with Gasteiger partial charge in [0.05, 0.1) is 25.5 Å². The van der Waals surface area contributed by atoms with Gasteiger partial charge in [0.2, 0.25) is 0 Å². The minimum Gasteiger partial charge on any atom is -0.453 e. The van der Waals surface area contributed by atoms with Crippen molar-refractivity contribution in [1.29, 1.82) is 0 Å². The first-order chi connectivity index (χ1) is 14.7. The van der Waals surface area contributed by atoms with Gasteiger partial charge in [-0.05, 0) is 76.7 Å². The number of rotatable bonds is 7. The molecule has 2 saturated heterocycles. The van der Waals surface area contributed by atoms with E-state index in [0.29, 0.717) is 31.6 Å². The highest BCUT2D eigenvalue weighted by atomic mass is 16.5. The van der Waals surface area contributed by atoms with E-state index in [9.17, 15) is 9.90 Å². The summed E-state index contributed by atoms with van der Waals surface area (Å²) in [7, 11) is 1.40. The van der Waals surface area contributed by atoms with E-state index in [1.165, 1.54) is 7.11 Å². The maximum absolute atomic E-state index is 11.7. The molecule has 1 saturated carbocycles. The number of carbonyl (C=O) groups is 1. The van der Waals surface area contributed by atoms with Crippen LogP contribution >= 0.6 is 0 Å². The number of hydrogen-bond acceptors (Lipinski definition) is 8. The lowest BCUT2D eigenvalue weighted by atomic mass is 9.77. The number of aliphatic hydroxyl groups is 1. The molecule has 1 aliphatic carbocycles. The molecule has 9 heteroatoms. The molecule has 0 aromatic rings. The predicted octanol–water partition coefficient (Wildman–Crippen LogP) is 0.558. The molecule has 0 bridgehead atoms. The molecule has 0 aromatic carbocycles. The first-order valence-corrected chi connectivity index (χ1v) is 11.8. The number of carbonyl (C=O) groups excluding carboxylic acids is 1. The number of ether oxygens (including phenoxy) is 2. The van der Waals surface area contributed by atoms with E-state index < -0.39 is 6.23 Å². The molecule has 1 amide bonds. The Bertz CT molecular complexity index is 584. The molecule has 0 spiro atoms. The van der Waals surface area contributed by atoms with Crippen LogP contribution < -0.4 is 22.1 Å². The maximum atomic E-state index is 11.7. The lowest BCUT2D eigenvalue weighted by molar-refractivity contribution is 0.0144. The number of nitrogens with one attached hydrogen (secondary N) is 2. The van der Waals surface area contributed by atoms with Gasteiger partial charge in [-0.25, -0.2) is 4.79 Å². The van der Waals surface area contributed by atoms with Crippen LogP contribution in [-0.4, -0.2) is 79.5 Å². The lowest BCUT2D eigenvalue weighted by Crippen LogP contribution is -2.56. The molecule has 180 valence electrons. The van der Waals surface area contributed by atoms with Gasteiger partial charge < -0.3 is 36.3 Å². The van der Waals surface area contributed by atoms with Crippen molar-refractivity contribution in [3.8, 4) is 0 Å². The highest BCUT2D eigenvalue weighted by molar-refractivity contribution is 5.67. The van der Waals surface area contributed by atoms with Crippen LogP contribution in [0.3, 0.4) is 0 Å². The summed E-state index contributed by atoms with van der Waals surface area (Å²) in [4.78, 5) is 13.4. The van der Waals surface area contributed by atoms with E-state index >= 15 is 0 Å². The largest absolute Gasteiger partial charge is 0.453 e. The molecule has 31 heavy (non-hydrogen) atoms. The van der Waals surface area contributed by atoms with E-state index in [0.717, 1.165) is 45.1 Å². The van der Waals surface area contributed by atoms with Gasteiger partial charge in [-0.15, -0.1) is 0 Å². The summed E-state index contributed by atoms with van der Waals surface area (Å²) in [5, 5.41) is 17.9. The smallest absolute Gasteiger partial charge is 0.409 e. The van der Waals surface area contributed by atoms with Gasteiger partial charge in [0, 0.05) is 25.2 Å². The van der Waals surface area contributed by atoms with E-state index in [1.54, 1.807) is 4.90 Å². The Morgan fingerprint density at radius 2 is 1.97 bits per heavy atom. The molecule has 7 N–H and O–H groups in total. The van der Waals surface area contributed by atoms with Crippen molar-refractivity contribution in [2.45, 2.75) is 82.5 Å². The number of nitrogens with zero attached hydrogens (tertiary/aromatic N) is 1. The van der Waals surface area contributed by atoms with Crippen molar-refractivity contribution < 1.29 is 19.4 Å². The zero-order valence-electron chi connectivity index (χ0n) is 19.4. The number of likely N-dealkylation sites (tertiary alicyclic amines) is 1. The molecule has 0 aromatic heterocycles. The van der Waals surface area contributed by atoms with E-state index in [-0.39, 0.29) is 35.7 Å². The molecule has 6 unspecified atom stereocenters. The van der Waals surface area contributed by atoms with Gasteiger partial charge in [-0.2, -0.15) is 0 Å². The minimum absolute atomic E-state index is 0.0821. The number of amides is 1. The standard InChI is InChI=1S/C22H43N5O4/c1-22(2)11-17(13-31-22)25-18-10-15(4-5-16(18)12-23)20(28)26-19(24)14-6-8-27(9-7-14)21(29)30-3/h14-20,25-26,28H,4-13,23-24H2,1-3H3. The average Bonchev–Trinajstić information content (AvgIpc) is 3.11. The fourth-order valence-corrected chi connectivity index (χ4v) is 5.53. The summed E-state index contributed by atoms with van der Waals surface area (Å²) in [5.74, 6) is 0.781. The highest BCUT2D eigenvalue weighted by Crippen LogP contribution is 2.33. The number of piperidine rings is 1. The SMILES string of the molecule is COC(=O)N1CCC(C(N)NC(O)C2CCC(CN)C(NC3COC(C)(C)C3)C2)CC1. The summed E-state index contributed by atoms with van der Waals surface area (Å²) in [5.41, 5.74) is 12.4. The highest BCUT2D eigenvalue weighted by Gasteiger charge is 2.38.